The highest BCUT2D eigenvalue weighted by molar-refractivity contribution is 5.93. The number of halogens is 1. The van der Waals surface area contributed by atoms with Crippen LogP contribution in [0.3, 0.4) is 0 Å². The number of fused-ring (bicyclic) bond motifs is 1. The Morgan fingerprint density at radius 3 is 2.81 bits per heavy atom. The van der Waals surface area contributed by atoms with Crippen molar-refractivity contribution in [3.05, 3.63) is 29.6 Å². The van der Waals surface area contributed by atoms with Crippen LogP contribution in [0, 0.1) is 11.7 Å². The van der Waals surface area contributed by atoms with Crippen molar-refractivity contribution in [1.29, 1.82) is 0 Å². The van der Waals surface area contributed by atoms with Crippen molar-refractivity contribution in [2.24, 2.45) is 5.92 Å². The Labute approximate surface area is 93.0 Å². The van der Waals surface area contributed by atoms with Gasteiger partial charge in [0.25, 0.3) is 0 Å². The molecule has 2 aliphatic rings. The first-order valence-electron chi connectivity index (χ1n) is 5.61. The molecule has 3 rings (SSSR count). The molecule has 0 radical (unpaired) electrons. The second-order valence-corrected chi connectivity index (χ2v) is 4.50. The van der Waals surface area contributed by atoms with Gasteiger partial charge in [-0.1, -0.05) is 6.42 Å². The summed E-state index contributed by atoms with van der Waals surface area (Å²) in [7, 11) is 0. The molecule has 4 heteroatoms. The minimum absolute atomic E-state index is 0.0202. The number of carbonyl (C=O) groups is 1. The molecule has 1 aliphatic heterocycles. The van der Waals surface area contributed by atoms with Crippen LogP contribution in [-0.4, -0.2) is 6.03 Å². The normalized spacial score (nSPS) is 24.1. The summed E-state index contributed by atoms with van der Waals surface area (Å²) in [6.07, 6.45) is 3.43. The van der Waals surface area contributed by atoms with Crippen molar-refractivity contribution in [2.75, 3.05) is 5.32 Å². The zero-order valence-corrected chi connectivity index (χ0v) is 8.79. The van der Waals surface area contributed by atoms with Crippen molar-refractivity contribution in [3.8, 4) is 0 Å². The highest BCUT2D eigenvalue weighted by atomic mass is 19.1. The van der Waals surface area contributed by atoms with Crippen LogP contribution in [0.2, 0.25) is 0 Å². The topological polar surface area (TPSA) is 41.1 Å². The van der Waals surface area contributed by atoms with E-state index in [0.29, 0.717) is 5.92 Å². The summed E-state index contributed by atoms with van der Waals surface area (Å²) in [4.78, 5) is 11.4. The molecule has 1 aromatic rings. The highest BCUT2D eigenvalue weighted by Crippen LogP contribution is 2.41. The molecule has 1 heterocycles. The average molecular weight is 220 g/mol. The van der Waals surface area contributed by atoms with Gasteiger partial charge in [0.15, 0.2) is 0 Å². The van der Waals surface area contributed by atoms with Crippen LogP contribution in [0.25, 0.3) is 0 Å². The van der Waals surface area contributed by atoms with Gasteiger partial charge < -0.3 is 10.6 Å². The van der Waals surface area contributed by atoms with E-state index in [0.717, 1.165) is 24.1 Å². The van der Waals surface area contributed by atoms with E-state index >= 15 is 0 Å². The van der Waals surface area contributed by atoms with Crippen molar-refractivity contribution < 1.29 is 9.18 Å². The van der Waals surface area contributed by atoms with Crippen LogP contribution >= 0.6 is 0 Å². The quantitative estimate of drug-likeness (QED) is 0.750. The first-order chi connectivity index (χ1) is 7.74. The summed E-state index contributed by atoms with van der Waals surface area (Å²) in [5.74, 6) is 0.215. The molecule has 0 saturated heterocycles. The van der Waals surface area contributed by atoms with E-state index in [4.69, 9.17) is 0 Å². The van der Waals surface area contributed by atoms with Crippen molar-refractivity contribution in [2.45, 2.75) is 25.3 Å². The Morgan fingerprint density at radius 2 is 2.12 bits per heavy atom. The molecule has 0 bridgehead atoms. The number of hydrogen-bond donors (Lipinski definition) is 2. The summed E-state index contributed by atoms with van der Waals surface area (Å²) >= 11 is 0. The van der Waals surface area contributed by atoms with E-state index in [-0.39, 0.29) is 17.9 Å². The van der Waals surface area contributed by atoms with Crippen LogP contribution < -0.4 is 10.6 Å². The van der Waals surface area contributed by atoms with Gasteiger partial charge in [0.1, 0.15) is 5.82 Å². The monoisotopic (exact) mass is 220 g/mol. The van der Waals surface area contributed by atoms with Gasteiger partial charge in [-0.3, -0.25) is 0 Å². The van der Waals surface area contributed by atoms with Crippen molar-refractivity contribution >= 4 is 11.7 Å². The predicted octanol–water partition coefficient (Wildman–Crippen LogP) is 2.80. The van der Waals surface area contributed by atoms with Gasteiger partial charge in [-0.15, -0.1) is 0 Å². The fourth-order valence-electron chi connectivity index (χ4n) is 2.43. The lowest BCUT2D eigenvalue weighted by atomic mass is 9.76. The molecule has 84 valence electrons. The van der Waals surface area contributed by atoms with Crippen LogP contribution in [0.15, 0.2) is 18.2 Å². The molecule has 1 atom stereocenters. The number of anilines is 1. The Hall–Kier alpha value is -1.58. The van der Waals surface area contributed by atoms with Gasteiger partial charge >= 0.3 is 6.03 Å². The molecule has 0 spiro atoms. The fourth-order valence-corrected chi connectivity index (χ4v) is 2.43. The first kappa shape index (κ1) is 9.63. The summed E-state index contributed by atoms with van der Waals surface area (Å²) in [6.45, 7) is 0. The lowest BCUT2D eigenvalue weighted by molar-refractivity contribution is 0.213. The van der Waals surface area contributed by atoms with Gasteiger partial charge in [0.2, 0.25) is 0 Å². The van der Waals surface area contributed by atoms with Gasteiger partial charge in [-0.25, -0.2) is 9.18 Å². The third-order valence-corrected chi connectivity index (χ3v) is 3.50. The fraction of sp³-hybridized carbons (Fsp3) is 0.417. The maximum atomic E-state index is 13.2. The van der Waals surface area contributed by atoms with Gasteiger partial charge in [-0.05, 0) is 37.0 Å². The predicted molar refractivity (Wildman–Crippen MR) is 58.6 cm³/mol. The molecule has 3 nitrogen and oxygen atoms in total. The largest absolute Gasteiger partial charge is 0.331 e. The number of urea groups is 1. The number of hydrogen-bond acceptors (Lipinski definition) is 1. The summed E-state index contributed by atoms with van der Waals surface area (Å²) < 4.78 is 13.2. The summed E-state index contributed by atoms with van der Waals surface area (Å²) in [5, 5.41) is 5.59. The number of carbonyl (C=O) groups excluding carboxylic acids is 1. The standard InChI is InChI=1S/C12H13FN2O/c13-8-4-5-10-9(6-8)11(7-2-1-3-7)15-12(16)14-10/h4-7,11H,1-3H2,(H2,14,15,16). The number of benzene rings is 1. The lowest BCUT2D eigenvalue weighted by Crippen LogP contribution is -2.42. The van der Waals surface area contributed by atoms with E-state index < -0.39 is 0 Å². The number of amides is 2. The Morgan fingerprint density at radius 1 is 1.31 bits per heavy atom. The molecule has 16 heavy (non-hydrogen) atoms. The van der Waals surface area contributed by atoms with Crippen LogP contribution in [-0.2, 0) is 0 Å². The van der Waals surface area contributed by atoms with E-state index in [1.165, 1.54) is 18.6 Å². The molecule has 1 aliphatic carbocycles. The third-order valence-electron chi connectivity index (χ3n) is 3.50. The van der Waals surface area contributed by atoms with E-state index in [1.807, 2.05) is 0 Å². The third kappa shape index (κ3) is 1.45. The maximum Gasteiger partial charge on any atom is 0.319 e. The zero-order chi connectivity index (χ0) is 11.1. The molecule has 0 aromatic heterocycles. The Kier molecular flexibility index (Phi) is 2.09. The Bertz CT molecular complexity index is 443. The minimum atomic E-state index is -0.249. The van der Waals surface area contributed by atoms with E-state index in [1.54, 1.807) is 6.07 Å². The number of nitrogens with one attached hydrogen (secondary N) is 2. The maximum absolute atomic E-state index is 13.2. The van der Waals surface area contributed by atoms with Crippen molar-refractivity contribution in [3.63, 3.8) is 0 Å². The molecular weight excluding hydrogens is 207 g/mol. The second kappa shape index (κ2) is 3.47. The van der Waals surface area contributed by atoms with Gasteiger partial charge in [0.05, 0.1) is 6.04 Å². The SMILES string of the molecule is O=C1Nc2ccc(F)cc2C(C2CCC2)N1. The smallest absolute Gasteiger partial charge is 0.319 e. The molecule has 1 aromatic carbocycles. The van der Waals surface area contributed by atoms with Crippen LogP contribution in [0.5, 0.6) is 0 Å². The molecule has 1 fully saturated rings. The molecule has 2 N–H and O–H groups in total. The van der Waals surface area contributed by atoms with Gasteiger partial charge in [0, 0.05) is 11.3 Å². The zero-order valence-electron chi connectivity index (χ0n) is 8.79. The number of rotatable bonds is 1. The second-order valence-electron chi connectivity index (χ2n) is 4.50. The van der Waals surface area contributed by atoms with E-state index in [9.17, 15) is 9.18 Å². The molecular formula is C12H13FN2O. The highest BCUT2D eigenvalue weighted by Gasteiger charge is 2.34. The minimum Gasteiger partial charge on any atom is -0.331 e. The lowest BCUT2D eigenvalue weighted by Gasteiger charge is -2.37. The van der Waals surface area contributed by atoms with Crippen molar-refractivity contribution in [1.82, 2.24) is 5.32 Å². The molecule has 1 saturated carbocycles. The first-order valence-corrected chi connectivity index (χ1v) is 5.61. The average Bonchev–Trinajstić information content (AvgIpc) is 2.16. The van der Waals surface area contributed by atoms with Gasteiger partial charge in [-0.2, -0.15) is 0 Å². The van der Waals surface area contributed by atoms with Crippen LogP contribution in [0.4, 0.5) is 14.9 Å². The molecule has 1 unspecified atom stereocenters. The van der Waals surface area contributed by atoms with Crippen LogP contribution in [0.1, 0.15) is 30.9 Å². The summed E-state index contributed by atoms with van der Waals surface area (Å²) in [6, 6.07) is 4.33. The Balaban J connectivity index is 2.01. The van der Waals surface area contributed by atoms with E-state index in [2.05, 4.69) is 10.6 Å². The summed E-state index contributed by atoms with van der Waals surface area (Å²) in [5.41, 5.74) is 1.62. The molecule has 2 amide bonds.